The van der Waals surface area contributed by atoms with Crippen molar-refractivity contribution in [2.45, 2.75) is 5.51 Å². The van der Waals surface area contributed by atoms with E-state index in [0.717, 1.165) is 7.11 Å². The van der Waals surface area contributed by atoms with Crippen molar-refractivity contribution in [1.29, 1.82) is 0 Å². The average molecular weight is 325 g/mol. The van der Waals surface area contributed by atoms with Gasteiger partial charge in [0.2, 0.25) is 11.5 Å². The summed E-state index contributed by atoms with van der Waals surface area (Å²) >= 11 is 0. The Morgan fingerprint density at radius 1 is 1.38 bits per heavy atom. The molecule has 7 nitrogen and oxygen atoms in total. The lowest BCUT2D eigenvalue weighted by Crippen LogP contribution is -2.28. The lowest BCUT2D eigenvalue weighted by atomic mass is 10.3. The number of ether oxygens (including phenoxy) is 1. The van der Waals surface area contributed by atoms with Gasteiger partial charge in [0, 0.05) is 6.20 Å². The van der Waals surface area contributed by atoms with E-state index in [1.807, 2.05) is 0 Å². The van der Waals surface area contributed by atoms with E-state index in [9.17, 15) is 26.4 Å². The zero-order chi connectivity index (χ0) is 15.8. The Bertz CT molecular complexity index is 795. The van der Waals surface area contributed by atoms with Crippen molar-refractivity contribution >= 4 is 27.2 Å². The summed E-state index contributed by atoms with van der Waals surface area (Å²) in [6, 6.07) is 2.48. The highest BCUT2D eigenvalue weighted by atomic mass is 32.2. The van der Waals surface area contributed by atoms with Crippen molar-refractivity contribution in [2.24, 2.45) is 0 Å². The van der Waals surface area contributed by atoms with Gasteiger partial charge in [-0.15, -0.1) is 0 Å². The number of methoxy groups -OCH3 is 1. The predicted molar refractivity (Wildman–Crippen MR) is 61.0 cm³/mol. The maximum Gasteiger partial charge on any atom is 0.534 e. The quantitative estimate of drug-likeness (QED) is 0.482. The molecule has 0 fully saturated rings. The third-order valence-electron chi connectivity index (χ3n) is 2.27. The van der Waals surface area contributed by atoms with Crippen molar-refractivity contribution in [2.75, 3.05) is 7.11 Å². The highest BCUT2D eigenvalue weighted by Crippen LogP contribution is 2.36. The summed E-state index contributed by atoms with van der Waals surface area (Å²) in [4.78, 5) is 15.1. The smallest absolute Gasteiger partial charge is 0.463 e. The molecule has 0 aliphatic carbocycles. The van der Waals surface area contributed by atoms with Crippen LogP contribution >= 0.6 is 0 Å². The maximum absolute atomic E-state index is 12.4. The second-order valence-electron chi connectivity index (χ2n) is 3.59. The molecule has 0 aromatic carbocycles. The molecule has 0 spiro atoms. The number of alkyl halides is 3. The van der Waals surface area contributed by atoms with E-state index in [-0.39, 0.29) is 11.1 Å². The minimum Gasteiger partial charge on any atom is -0.463 e. The molecule has 0 atom stereocenters. The van der Waals surface area contributed by atoms with Crippen LogP contribution in [0.3, 0.4) is 0 Å². The molecule has 2 aromatic heterocycles. The van der Waals surface area contributed by atoms with Crippen LogP contribution in [-0.4, -0.2) is 32.0 Å². The second kappa shape index (κ2) is 4.91. The maximum atomic E-state index is 12.4. The Balaban J connectivity index is 2.64. The lowest BCUT2D eigenvalue weighted by Gasteiger charge is -2.08. The van der Waals surface area contributed by atoms with Gasteiger partial charge < -0.3 is 13.3 Å². The summed E-state index contributed by atoms with van der Waals surface area (Å²) in [7, 11) is -5.04. The molecule has 0 saturated heterocycles. The first kappa shape index (κ1) is 15.1. The van der Waals surface area contributed by atoms with Gasteiger partial charge in [-0.25, -0.2) is 9.78 Å². The fourth-order valence-corrected chi connectivity index (χ4v) is 1.86. The standard InChI is InChI=1S/C10H6F3NO6S/c1-18-9(15)7-6(20-21(16,17)10(11,12)13)5-3-2-4-14-8(5)19-7/h2-4H,1H3. The topological polar surface area (TPSA) is 95.7 Å². The van der Waals surface area contributed by atoms with E-state index < -0.39 is 33.1 Å². The minimum atomic E-state index is -5.97. The zero-order valence-corrected chi connectivity index (χ0v) is 11.0. The molecule has 2 aromatic rings. The van der Waals surface area contributed by atoms with Crippen LogP contribution in [0.4, 0.5) is 13.2 Å². The van der Waals surface area contributed by atoms with Gasteiger partial charge >= 0.3 is 21.6 Å². The largest absolute Gasteiger partial charge is 0.534 e. The lowest BCUT2D eigenvalue weighted by molar-refractivity contribution is -0.0500. The second-order valence-corrected chi connectivity index (χ2v) is 5.13. The first-order valence-electron chi connectivity index (χ1n) is 5.14. The van der Waals surface area contributed by atoms with Crippen molar-refractivity contribution < 1.29 is 39.7 Å². The van der Waals surface area contributed by atoms with Gasteiger partial charge in [-0.3, -0.25) is 0 Å². The molecule has 2 rings (SSSR count). The zero-order valence-electron chi connectivity index (χ0n) is 10.2. The number of furan rings is 1. The van der Waals surface area contributed by atoms with E-state index in [1.165, 1.54) is 18.3 Å². The highest BCUT2D eigenvalue weighted by Gasteiger charge is 2.49. The number of aromatic nitrogens is 1. The van der Waals surface area contributed by atoms with Crippen LogP contribution in [-0.2, 0) is 14.9 Å². The van der Waals surface area contributed by atoms with Crippen LogP contribution < -0.4 is 4.18 Å². The van der Waals surface area contributed by atoms with Gasteiger partial charge in [0.15, 0.2) is 0 Å². The Hall–Kier alpha value is -2.30. The monoisotopic (exact) mass is 325 g/mol. The summed E-state index contributed by atoms with van der Waals surface area (Å²) in [5.74, 6) is -2.97. The third kappa shape index (κ3) is 2.63. The molecule has 114 valence electrons. The van der Waals surface area contributed by atoms with Crippen LogP contribution in [0, 0.1) is 0 Å². The SMILES string of the molecule is COC(=O)c1oc2ncccc2c1OS(=O)(=O)C(F)(F)F. The van der Waals surface area contributed by atoms with Crippen molar-refractivity contribution in [3.8, 4) is 5.75 Å². The Kier molecular flexibility index (Phi) is 3.53. The molecule has 2 heterocycles. The predicted octanol–water partition coefficient (Wildman–Crippen LogP) is 1.84. The molecule has 11 heteroatoms. The van der Waals surface area contributed by atoms with E-state index in [2.05, 4.69) is 13.9 Å². The summed E-state index contributed by atoms with van der Waals surface area (Å²) in [6.07, 6.45) is 1.23. The van der Waals surface area contributed by atoms with Gasteiger partial charge in [0.05, 0.1) is 12.5 Å². The highest BCUT2D eigenvalue weighted by molar-refractivity contribution is 7.88. The fourth-order valence-electron chi connectivity index (χ4n) is 1.38. The van der Waals surface area contributed by atoms with Gasteiger partial charge in [-0.05, 0) is 12.1 Å². The van der Waals surface area contributed by atoms with Crippen LogP contribution in [0.1, 0.15) is 10.6 Å². The normalized spacial score (nSPS) is 12.4. The number of fused-ring (bicyclic) bond motifs is 1. The molecule has 0 unspecified atom stereocenters. The Morgan fingerprint density at radius 2 is 2.05 bits per heavy atom. The molecule has 0 saturated carbocycles. The number of halogens is 3. The van der Waals surface area contributed by atoms with Crippen LogP contribution in [0.2, 0.25) is 0 Å². The number of hydrogen-bond donors (Lipinski definition) is 0. The van der Waals surface area contributed by atoms with Crippen molar-refractivity contribution in [3.63, 3.8) is 0 Å². The average Bonchev–Trinajstić information content (AvgIpc) is 2.75. The molecule has 0 radical (unpaired) electrons. The number of carbonyl (C=O) groups is 1. The van der Waals surface area contributed by atoms with Gasteiger partial charge in [-0.2, -0.15) is 21.6 Å². The Morgan fingerprint density at radius 3 is 2.62 bits per heavy atom. The first-order chi connectivity index (χ1) is 9.67. The number of pyridine rings is 1. The summed E-state index contributed by atoms with van der Waals surface area (Å²) < 4.78 is 72.4. The van der Waals surface area contributed by atoms with Crippen molar-refractivity contribution in [1.82, 2.24) is 4.98 Å². The van der Waals surface area contributed by atoms with Crippen LogP contribution in [0.5, 0.6) is 5.75 Å². The number of hydrogen-bond acceptors (Lipinski definition) is 7. The summed E-state index contributed by atoms with van der Waals surface area (Å²) in [6.45, 7) is 0. The summed E-state index contributed by atoms with van der Waals surface area (Å²) in [5.41, 5.74) is -5.93. The molecule has 0 amide bonds. The van der Waals surface area contributed by atoms with E-state index >= 15 is 0 Å². The van der Waals surface area contributed by atoms with E-state index in [1.54, 1.807) is 0 Å². The molecule has 0 aliphatic rings. The molecular formula is C10H6F3NO6S. The van der Waals surface area contributed by atoms with Crippen LogP contribution in [0.25, 0.3) is 11.1 Å². The van der Waals surface area contributed by atoms with E-state index in [4.69, 9.17) is 4.42 Å². The molecule has 0 N–H and O–H groups in total. The molecule has 0 bridgehead atoms. The summed E-state index contributed by atoms with van der Waals surface area (Å²) in [5, 5.41) is -0.217. The molecule has 0 aliphatic heterocycles. The number of esters is 1. The van der Waals surface area contributed by atoms with Gasteiger partial charge in [0.25, 0.3) is 5.76 Å². The van der Waals surface area contributed by atoms with Gasteiger partial charge in [0.1, 0.15) is 0 Å². The molecular weight excluding hydrogens is 319 g/mol. The number of carbonyl (C=O) groups excluding carboxylic acids is 1. The molecule has 21 heavy (non-hydrogen) atoms. The fraction of sp³-hybridized carbons (Fsp3) is 0.200. The Labute approximate surface area is 115 Å². The van der Waals surface area contributed by atoms with E-state index in [0.29, 0.717) is 0 Å². The van der Waals surface area contributed by atoms with Crippen molar-refractivity contribution in [3.05, 3.63) is 24.1 Å². The van der Waals surface area contributed by atoms with Gasteiger partial charge in [-0.1, -0.05) is 0 Å². The minimum absolute atomic E-state index is 0.217. The first-order valence-corrected chi connectivity index (χ1v) is 6.55. The number of nitrogens with zero attached hydrogens (tertiary/aromatic N) is 1. The van der Waals surface area contributed by atoms with Crippen LogP contribution in [0.15, 0.2) is 22.7 Å². The third-order valence-corrected chi connectivity index (χ3v) is 3.22. The number of rotatable bonds is 3.